The van der Waals surface area contributed by atoms with Crippen LogP contribution < -0.4 is 14.3 Å². The van der Waals surface area contributed by atoms with Crippen LogP contribution in [0.2, 0.25) is 0 Å². The van der Waals surface area contributed by atoms with Crippen LogP contribution in [0.5, 0.6) is 5.75 Å². The third kappa shape index (κ3) is 3.80. The number of nitriles is 1. The second kappa shape index (κ2) is 7.47. The van der Waals surface area contributed by atoms with Crippen LogP contribution in [0.4, 0.5) is 5.69 Å². The zero-order valence-corrected chi connectivity index (χ0v) is 16.6. The quantitative estimate of drug-likeness (QED) is 0.525. The van der Waals surface area contributed by atoms with E-state index < -0.39 is 10.3 Å². The standard InChI is InChI=1S/C20H16N6O3S/c1-25(26-20-5-3-2-4-19(20)23-24-26)16-9-6-15(13-21)18(12-16)14-7-10-17(11-8-14)29-30(22,27)28/h2-12H,1H3,(H2,22,27,28). The predicted octanol–water partition coefficient (Wildman–Crippen LogP) is 2.45. The molecule has 0 radical (unpaired) electrons. The van der Waals surface area contributed by atoms with E-state index in [0.717, 1.165) is 16.7 Å². The number of hydrogen-bond acceptors (Lipinski definition) is 7. The fraction of sp³-hybridized carbons (Fsp3) is 0.0500. The fourth-order valence-electron chi connectivity index (χ4n) is 3.08. The van der Waals surface area contributed by atoms with Crippen LogP contribution in [0.25, 0.3) is 22.2 Å². The van der Waals surface area contributed by atoms with E-state index in [1.807, 2.05) is 48.5 Å². The maximum atomic E-state index is 11.1. The molecule has 2 N–H and O–H groups in total. The van der Waals surface area contributed by atoms with Crippen molar-refractivity contribution < 1.29 is 12.6 Å². The molecular formula is C20H16N6O3S. The second-order valence-corrected chi connectivity index (χ2v) is 7.59. The lowest BCUT2D eigenvalue weighted by Gasteiger charge is -2.20. The van der Waals surface area contributed by atoms with Gasteiger partial charge in [-0.1, -0.05) is 24.3 Å². The van der Waals surface area contributed by atoms with Crippen LogP contribution in [-0.2, 0) is 10.3 Å². The molecule has 4 aromatic rings. The van der Waals surface area contributed by atoms with E-state index >= 15 is 0 Å². The molecule has 150 valence electrons. The molecule has 10 heteroatoms. The topological polar surface area (TPSA) is 127 Å². The Kier molecular flexibility index (Phi) is 4.83. The third-order valence-corrected chi connectivity index (χ3v) is 4.92. The number of hydrogen-bond donors (Lipinski definition) is 1. The molecule has 0 aliphatic heterocycles. The first-order valence-corrected chi connectivity index (χ1v) is 10.2. The number of para-hydroxylation sites is 1. The number of benzene rings is 3. The van der Waals surface area contributed by atoms with Crippen LogP contribution in [0.15, 0.2) is 66.7 Å². The van der Waals surface area contributed by atoms with E-state index in [9.17, 15) is 13.7 Å². The minimum atomic E-state index is -4.10. The molecule has 0 aliphatic rings. The summed E-state index contributed by atoms with van der Waals surface area (Å²) in [6, 6.07) is 21.4. The summed E-state index contributed by atoms with van der Waals surface area (Å²) in [5, 5.41) is 24.6. The second-order valence-electron chi connectivity index (χ2n) is 6.43. The highest BCUT2D eigenvalue weighted by molar-refractivity contribution is 7.84. The van der Waals surface area contributed by atoms with Gasteiger partial charge in [-0.15, -0.1) is 5.10 Å². The Morgan fingerprint density at radius 3 is 2.53 bits per heavy atom. The van der Waals surface area contributed by atoms with Gasteiger partial charge in [0.05, 0.1) is 17.3 Å². The van der Waals surface area contributed by atoms with E-state index in [0.29, 0.717) is 16.7 Å². The van der Waals surface area contributed by atoms with E-state index in [1.165, 1.54) is 12.1 Å². The number of anilines is 1. The molecule has 1 aromatic heterocycles. The van der Waals surface area contributed by atoms with Gasteiger partial charge < -0.3 is 4.18 Å². The maximum Gasteiger partial charge on any atom is 0.380 e. The lowest BCUT2D eigenvalue weighted by atomic mass is 9.99. The first-order chi connectivity index (χ1) is 14.4. The van der Waals surface area contributed by atoms with Crippen LogP contribution in [-0.4, -0.2) is 30.6 Å². The van der Waals surface area contributed by atoms with Crippen LogP contribution in [0, 0.1) is 11.3 Å². The van der Waals surface area contributed by atoms with Gasteiger partial charge in [-0.05, 0) is 53.2 Å². The summed E-state index contributed by atoms with van der Waals surface area (Å²) < 4.78 is 26.8. The fourth-order valence-corrected chi connectivity index (χ4v) is 3.46. The van der Waals surface area contributed by atoms with Gasteiger partial charge in [0.15, 0.2) is 0 Å². The Hall–Kier alpha value is -3.94. The van der Waals surface area contributed by atoms with E-state index in [4.69, 9.17) is 5.14 Å². The van der Waals surface area contributed by atoms with E-state index in [2.05, 4.69) is 20.6 Å². The molecule has 0 amide bonds. The molecule has 0 spiro atoms. The Balaban J connectivity index is 1.73. The maximum absolute atomic E-state index is 11.1. The summed E-state index contributed by atoms with van der Waals surface area (Å²) in [7, 11) is -2.26. The highest BCUT2D eigenvalue weighted by Gasteiger charge is 2.13. The highest BCUT2D eigenvalue weighted by atomic mass is 32.2. The molecule has 0 atom stereocenters. The van der Waals surface area contributed by atoms with Gasteiger partial charge in [0.2, 0.25) is 0 Å². The average Bonchev–Trinajstić information content (AvgIpc) is 3.16. The minimum absolute atomic E-state index is 0.0853. The average molecular weight is 420 g/mol. The van der Waals surface area contributed by atoms with Crippen LogP contribution >= 0.6 is 0 Å². The predicted molar refractivity (Wildman–Crippen MR) is 112 cm³/mol. The van der Waals surface area contributed by atoms with Gasteiger partial charge in [0.25, 0.3) is 0 Å². The molecule has 0 fully saturated rings. The largest absolute Gasteiger partial charge is 0.380 e. The highest BCUT2D eigenvalue weighted by Crippen LogP contribution is 2.30. The number of rotatable bonds is 5. The van der Waals surface area contributed by atoms with Crippen molar-refractivity contribution in [2.75, 3.05) is 12.1 Å². The molecular weight excluding hydrogens is 404 g/mol. The molecule has 0 aliphatic carbocycles. The van der Waals surface area contributed by atoms with Gasteiger partial charge in [-0.3, -0.25) is 5.01 Å². The molecule has 0 saturated carbocycles. The van der Waals surface area contributed by atoms with Gasteiger partial charge in [-0.25, -0.2) is 0 Å². The van der Waals surface area contributed by atoms with E-state index in [-0.39, 0.29) is 5.75 Å². The Labute approximate surface area is 172 Å². The summed E-state index contributed by atoms with van der Waals surface area (Å²) in [6.07, 6.45) is 0. The zero-order valence-electron chi connectivity index (χ0n) is 15.8. The molecule has 30 heavy (non-hydrogen) atoms. The Bertz CT molecular complexity index is 1370. The third-order valence-electron chi connectivity index (χ3n) is 4.49. The Morgan fingerprint density at radius 2 is 1.83 bits per heavy atom. The van der Waals surface area contributed by atoms with Gasteiger partial charge in [0, 0.05) is 12.6 Å². The van der Waals surface area contributed by atoms with Gasteiger partial charge in [0.1, 0.15) is 16.8 Å². The van der Waals surface area contributed by atoms with Gasteiger partial charge >= 0.3 is 10.3 Å². The van der Waals surface area contributed by atoms with Crippen LogP contribution in [0.3, 0.4) is 0 Å². The smallest absolute Gasteiger partial charge is 0.371 e. The summed E-state index contributed by atoms with van der Waals surface area (Å²) in [5.41, 5.74) is 4.25. The van der Waals surface area contributed by atoms with Crippen molar-refractivity contribution in [3.05, 3.63) is 72.3 Å². The molecule has 4 rings (SSSR count). The minimum Gasteiger partial charge on any atom is -0.371 e. The van der Waals surface area contributed by atoms with Crippen molar-refractivity contribution in [1.29, 1.82) is 5.26 Å². The SMILES string of the molecule is CN(c1ccc(C#N)c(-c2ccc(OS(N)(=O)=O)cc2)c1)n1nnc2ccccc21. The summed E-state index contributed by atoms with van der Waals surface area (Å²) >= 11 is 0. The normalized spacial score (nSPS) is 11.2. The first kappa shape index (κ1) is 19.4. The Morgan fingerprint density at radius 1 is 1.10 bits per heavy atom. The zero-order chi connectivity index (χ0) is 21.3. The van der Waals surface area contributed by atoms with Crippen molar-refractivity contribution in [2.24, 2.45) is 5.14 Å². The summed E-state index contributed by atoms with van der Waals surface area (Å²) in [6.45, 7) is 0. The number of fused-ring (bicyclic) bond motifs is 1. The van der Waals surface area contributed by atoms with Crippen molar-refractivity contribution in [2.45, 2.75) is 0 Å². The van der Waals surface area contributed by atoms with E-state index in [1.54, 1.807) is 23.0 Å². The molecule has 0 unspecified atom stereocenters. The summed E-state index contributed by atoms with van der Waals surface area (Å²) in [5.74, 6) is 0.0853. The van der Waals surface area contributed by atoms with Crippen molar-refractivity contribution in [1.82, 2.24) is 15.1 Å². The number of aromatic nitrogens is 3. The number of nitrogens with two attached hydrogens (primary N) is 1. The monoisotopic (exact) mass is 420 g/mol. The lowest BCUT2D eigenvalue weighted by molar-refractivity contribution is 0.488. The molecule has 9 nitrogen and oxygen atoms in total. The van der Waals surface area contributed by atoms with Crippen molar-refractivity contribution >= 4 is 27.0 Å². The molecule has 0 bridgehead atoms. The van der Waals surface area contributed by atoms with Crippen molar-refractivity contribution in [3.63, 3.8) is 0 Å². The first-order valence-electron chi connectivity index (χ1n) is 8.77. The molecule has 3 aromatic carbocycles. The molecule has 1 heterocycles. The molecule has 0 saturated heterocycles. The van der Waals surface area contributed by atoms with Crippen molar-refractivity contribution in [3.8, 4) is 22.9 Å². The van der Waals surface area contributed by atoms with Crippen LogP contribution in [0.1, 0.15) is 5.56 Å². The summed E-state index contributed by atoms with van der Waals surface area (Å²) in [4.78, 5) is 1.67. The lowest BCUT2D eigenvalue weighted by Crippen LogP contribution is -2.25. The number of nitrogens with zero attached hydrogens (tertiary/aromatic N) is 5. The van der Waals surface area contributed by atoms with Gasteiger partial charge in [-0.2, -0.15) is 23.6 Å².